The van der Waals surface area contributed by atoms with Crippen LogP contribution in [0.2, 0.25) is 10.0 Å². The van der Waals surface area contributed by atoms with E-state index >= 15 is 0 Å². The molecule has 0 radical (unpaired) electrons. The fraction of sp³-hybridized carbons (Fsp3) is 0.632. The van der Waals surface area contributed by atoms with E-state index in [1.165, 1.54) is 19.3 Å². The van der Waals surface area contributed by atoms with Crippen LogP contribution in [-0.4, -0.2) is 23.4 Å². The van der Waals surface area contributed by atoms with Crippen LogP contribution in [0.25, 0.3) is 0 Å². The molecule has 1 aliphatic heterocycles. The number of hydrogen-bond acceptors (Lipinski definition) is 2. The summed E-state index contributed by atoms with van der Waals surface area (Å²) in [6.07, 6.45) is 6.40. The van der Waals surface area contributed by atoms with Gasteiger partial charge in [0, 0.05) is 25.0 Å². The van der Waals surface area contributed by atoms with Gasteiger partial charge in [0.15, 0.2) is 0 Å². The van der Waals surface area contributed by atoms with Crippen LogP contribution in [0.3, 0.4) is 0 Å². The number of rotatable bonds is 1. The first-order valence-corrected chi connectivity index (χ1v) is 9.80. The van der Waals surface area contributed by atoms with E-state index in [1.54, 1.807) is 0 Å². The molecule has 2 bridgehead atoms. The van der Waals surface area contributed by atoms with Crippen LogP contribution in [-0.2, 0) is 17.8 Å². The van der Waals surface area contributed by atoms with Crippen LogP contribution in [0.15, 0.2) is 12.1 Å². The molecular formula is C19H24Cl2N2O. The summed E-state index contributed by atoms with van der Waals surface area (Å²) in [4.78, 5) is 15.1. The standard InChI is InChI=1S/C19H24Cl2N2O/c20-16-5-4-13-10-23(7-6-15(13)17(16)21)19(24)14-8-11-2-1-3-12(9-14)18(11)22/h4-5,11-12,14,18H,1-3,6-10,22H2. The lowest BCUT2D eigenvalue weighted by atomic mass is 9.65. The van der Waals surface area contributed by atoms with Crippen molar-refractivity contribution in [1.29, 1.82) is 0 Å². The molecule has 1 aromatic carbocycles. The number of carbonyl (C=O) groups is 1. The normalized spacial score (nSPS) is 32.4. The zero-order valence-electron chi connectivity index (χ0n) is 13.8. The van der Waals surface area contributed by atoms with Gasteiger partial charge in [0.05, 0.1) is 10.0 Å². The molecule has 3 nitrogen and oxygen atoms in total. The number of hydrogen-bond donors (Lipinski definition) is 1. The third-order valence-corrected chi connectivity index (χ3v) is 7.20. The Balaban J connectivity index is 1.49. The molecule has 24 heavy (non-hydrogen) atoms. The second-order valence-electron chi connectivity index (χ2n) is 7.71. The van der Waals surface area contributed by atoms with E-state index in [2.05, 4.69) is 0 Å². The number of nitrogens with two attached hydrogens (primary N) is 1. The van der Waals surface area contributed by atoms with Crippen molar-refractivity contribution in [3.05, 3.63) is 33.3 Å². The van der Waals surface area contributed by atoms with Crippen LogP contribution in [0.1, 0.15) is 43.2 Å². The minimum absolute atomic E-state index is 0.157. The summed E-state index contributed by atoms with van der Waals surface area (Å²) in [6, 6.07) is 4.15. The lowest BCUT2D eigenvalue weighted by Crippen LogP contribution is -2.50. The van der Waals surface area contributed by atoms with Gasteiger partial charge in [-0.3, -0.25) is 4.79 Å². The van der Waals surface area contributed by atoms with E-state index in [0.29, 0.717) is 40.4 Å². The summed E-state index contributed by atoms with van der Waals surface area (Å²) < 4.78 is 0. The highest BCUT2D eigenvalue weighted by atomic mass is 35.5. The maximum atomic E-state index is 13.1. The minimum Gasteiger partial charge on any atom is -0.338 e. The Morgan fingerprint density at radius 1 is 1.17 bits per heavy atom. The molecule has 0 saturated heterocycles. The molecule has 0 aromatic heterocycles. The summed E-state index contributed by atoms with van der Waals surface area (Å²) in [5.41, 5.74) is 8.61. The SMILES string of the molecule is NC1C2CCCC1CC(C(=O)N1CCc3c(ccc(Cl)c3Cl)C1)C2. The van der Waals surface area contributed by atoms with Gasteiger partial charge in [-0.05, 0) is 61.1 Å². The molecule has 1 aromatic rings. The van der Waals surface area contributed by atoms with E-state index in [1.807, 2.05) is 17.0 Å². The lowest BCUT2D eigenvalue weighted by Gasteiger charge is -2.45. The van der Waals surface area contributed by atoms with E-state index in [9.17, 15) is 4.79 Å². The molecule has 2 fully saturated rings. The summed E-state index contributed by atoms with van der Waals surface area (Å²) in [6.45, 7) is 1.40. The van der Waals surface area contributed by atoms with Crippen molar-refractivity contribution in [2.24, 2.45) is 23.5 Å². The van der Waals surface area contributed by atoms with Gasteiger partial charge >= 0.3 is 0 Å². The van der Waals surface area contributed by atoms with Crippen molar-refractivity contribution in [2.75, 3.05) is 6.54 Å². The zero-order chi connectivity index (χ0) is 16.8. The van der Waals surface area contributed by atoms with E-state index in [4.69, 9.17) is 28.9 Å². The van der Waals surface area contributed by atoms with Crippen LogP contribution >= 0.6 is 23.2 Å². The summed E-state index contributed by atoms with van der Waals surface area (Å²) >= 11 is 12.4. The van der Waals surface area contributed by atoms with Crippen molar-refractivity contribution in [3.63, 3.8) is 0 Å². The predicted molar refractivity (Wildman–Crippen MR) is 97.1 cm³/mol. The molecule has 130 valence electrons. The Hall–Kier alpha value is -0.770. The number of benzene rings is 1. The van der Waals surface area contributed by atoms with Gasteiger partial charge in [0.25, 0.3) is 0 Å². The zero-order valence-corrected chi connectivity index (χ0v) is 15.3. The third-order valence-electron chi connectivity index (χ3n) is 6.36. The highest BCUT2D eigenvalue weighted by Crippen LogP contribution is 2.43. The molecule has 2 unspecified atom stereocenters. The van der Waals surface area contributed by atoms with Crippen LogP contribution < -0.4 is 5.73 Å². The number of carbonyl (C=O) groups excluding carboxylic acids is 1. The molecule has 2 aliphatic carbocycles. The molecule has 5 heteroatoms. The molecule has 2 N–H and O–H groups in total. The first-order valence-electron chi connectivity index (χ1n) is 9.04. The fourth-order valence-electron chi connectivity index (χ4n) is 5.02. The summed E-state index contributed by atoms with van der Waals surface area (Å²) in [5, 5.41) is 1.25. The smallest absolute Gasteiger partial charge is 0.226 e. The van der Waals surface area contributed by atoms with Crippen LogP contribution in [0.5, 0.6) is 0 Å². The Morgan fingerprint density at radius 3 is 2.58 bits per heavy atom. The van der Waals surface area contributed by atoms with E-state index < -0.39 is 0 Å². The van der Waals surface area contributed by atoms with E-state index in [0.717, 1.165) is 36.9 Å². The number of fused-ring (bicyclic) bond motifs is 3. The molecule has 4 rings (SSSR count). The molecule has 3 aliphatic rings. The maximum Gasteiger partial charge on any atom is 0.226 e. The second-order valence-corrected chi connectivity index (χ2v) is 8.49. The number of nitrogens with zero attached hydrogens (tertiary/aromatic N) is 1. The third kappa shape index (κ3) is 2.85. The van der Waals surface area contributed by atoms with Crippen molar-refractivity contribution in [2.45, 2.75) is 51.1 Å². The quantitative estimate of drug-likeness (QED) is 0.815. The Morgan fingerprint density at radius 2 is 1.88 bits per heavy atom. The first-order chi connectivity index (χ1) is 11.5. The average Bonchev–Trinajstić information content (AvgIpc) is 2.57. The Labute approximate surface area is 153 Å². The van der Waals surface area contributed by atoms with Gasteiger partial charge in [-0.2, -0.15) is 0 Å². The van der Waals surface area contributed by atoms with Crippen LogP contribution in [0.4, 0.5) is 0 Å². The molecule has 0 spiro atoms. The minimum atomic E-state index is 0.157. The fourth-order valence-corrected chi connectivity index (χ4v) is 5.48. The summed E-state index contributed by atoms with van der Waals surface area (Å²) in [5.74, 6) is 1.55. The molecule has 1 heterocycles. The number of halogens is 2. The monoisotopic (exact) mass is 366 g/mol. The Kier molecular flexibility index (Phi) is 4.53. The van der Waals surface area contributed by atoms with Gasteiger partial charge in [0.1, 0.15) is 0 Å². The second kappa shape index (κ2) is 6.51. The molecule has 2 saturated carbocycles. The molecule has 1 amide bonds. The lowest BCUT2D eigenvalue weighted by molar-refractivity contribution is -0.139. The summed E-state index contributed by atoms with van der Waals surface area (Å²) in [7, 11) is 0. The predicted octanol–water partition coefficient (Wildman–Crippen LogP) is 4.03. The van der Waals surface area contributed by atoms with Gasteiger partial charge in [-0.1, -0.05) is 35.7 Å². The van der Waals surface area contributed by atoms with Gasteiger partial charge < -0.3 is 10.6 Å². The van der Waals surface area contributed by atoms with Crippen molar-refractivity contribution in [3.8, 4) is 0 Å². The first kappa shape index (κ1) is 16.7. The topological polar surface area (TPSA) is 46.3 Å². The number of amides is 1. The van der Waals surface area contributed by atoms with Crippen LogP contribution in [0, 0.1) is 17.8 Å². The molecular weight excluding hydrogens is 343 g/mol. The largest absolute Gasteiger partial charge is 0.338 e. The van der Waals surface area contributed by atoms with Gasteiger partial charge in [0.2, 0.25) is 5.91 Å². The Bertz CT molecular complexity index is 649. The van der Waals surface area contributed by atoms with Crippen molar-refractivity contribution >= 4 is 29.1 Å². The van der Waals surface area contributed by atoms with E-state index in [-0.39, 0.29) is 5.92 Å². The maximum absolute atomic E-state index is 13.1. The molecule has 2 atom stereocenters. The average molecular weight is 367 g/mol. The highest BCUT2D eigenvalue weighted by Gasteiger charge is 2.42. The van der Waals surface area contributed by atoms with Crippen molar-refractivity contribution < 1.29 is 4.79 Å². The highest BCUT2D eigenvalue weighted by molar-refractivity contribution is 6.42. The van der Waals surface area contributed by atoms with Gasteiger partial charge in [-0.25, -0.2) is 0 Å². The van der Waals surface area contributed by atoms with Gasteiger partial charge in [-0.15, -0.1) is 0 Å². The van der Waals surface area contributed by atoms with Crippen molar-refractivity contribution in [1.82, 2.24) is 4.90 Å².